The Bertz CT molecular complexity index is 1350. The lowest BCUT2D eigenvalue weighted by Crippen LogP contribution is -2.59. The molecule has 1 spiro atoms. The second kappa shape index (κ2) is 12.0. The number of rotatable bonds is 4. The average molecular weight is 544 g/mol. The van der Waals surface area contributed by atoms with E-state index in [0.717, 1.165) is 29.9 Å². The van der Waals surface area contributed by atoms with E-state index in [0.29, 0.717) is 24.6 Å². The maximum atomic E-state index is 13.5. The van der Waals surface area contributed by atoms with Crippen LogP contribution in [0.1, 0.15) is 49.9 Å². The Hall–Kier alpha value is -4.05. The number of piperidine rings is 1. The van der Waals surface area contributed by atoms with Gasteiger partial charge in [-0.1, -0.05) is 47.7 Å². The maximum Gasteiger partial charge on any atom is 0.243 e. The smallest absolute Gasteiger partial charge is 0.243 e. The highest BCUT2D eigenvalue weighted by molar-refractivity contribution is 5.89. The Morgan fingerprint density at radius 1 is 0.950 bits per heavy atom. The molecule has 0 bridgehead atoms. The van der Waals surface area contributed by atoms with Crippen LogP contribution < -0.4 is 16.0 Å². The molecule has 210 valence electrons. The van der Waals surface area contributed by atoms with Gasteiger partial charge in [0.2, 0.25) is 17.7 Å². The number of likely N-dealkylation sites (tertiary alicyclic amines) is 1. The first-order chi connectivity index (χ1) is 19.3. The summed E-state index contributed by atoms with van der Waals surface area (Å²) in [4.78, 5) is 42.5. The number of carbonyl (C=O) groups excluding carboxylic acids is 3. The van der Waals surface area contributed by atoms with Gasteiger partial charge in [0.1, 0.15) is 6.04 Å². The average Bonchev–Trinajstić information content (AvgIpc) is 3.41. The zero-order chi connectivity index (χ0) is 28.1. The number of para-hydroxylation sites is 1. The van der Waals surface area contributed by atoms with Crippen LogP contribution in [0.15, 0.2) is 60.8 Å². The fourth-order valence-corrected chi connectivity index (χ4v) is 5.61. The number of fused-ring (bicyclic) bond motifs is 1. The monoisotopic (exact) mass is 543 g/mol. The molecule has 1 atom stereocenters. The summed E-state index contributed by atoms with van der Waals surface area (Å²) in [6.45, 7) is 6.13. The number of benzene rings is 2. The Kier molecular flexibility index (Phi) is 8.25. The standard InChI is InChI=1S/C30H37N7O3/c1-21(2)36-14-12-30(13-15-36)18-28(39)32-26(17-24-20-37(35-34-24)25-10-4-3-5-11-25)29(40)31-19-23-9-7-6-8-22(23)16-27(38)33-30/h3-11,20-21,26H,12-19H2,1-2H3,(H,31,40)(H,32,39)(H,33,38)/t26-/m1/s1. The Morgan fingerprint density at radius 2 is 1.65 bits per heavy atom. The summed E-state index contributed by atoms with van der Waals surface area (Å²) < 4.78 is 1.65. The van der Waals surface area contributed by atoms with Crippen molar-refractivity contribution in [2.75, 3.05) is 13.1 Å². The van der Waals surface area contributed by atoms with Gasteiger partial charge in [0.15, 0.2) is 0 Å². The van der Waals surface area contributed by atoms with Gasteiger partial charge >= 0.3 is 0 Å². The predicted molar refractivity (Wildman–Crippen MR) is 150 cm³/mol. The number of nitrogens with zero attached hydrogens (tertiary/aromatic N) is 4. The zero-order valence-corrected chi connectivity index (χ0v) is 23.1. The van der Waals surface area contributed by atoms with Gasteiger partial charge in [-0.3, -0.25) is 14.4 Å². The molecule has 40 heavy (non-hydrogen) atoms. The normalized spacial score (nSPS) is 20.5. The van der Waals surface area contributed by atoms with Crippen LogP contribution in [0.3, 0.4) is 0 Å². The van der Waals surface area contributed by atoms with Gasteiger partial charge in [-0.15, -0.1) is 5.10 Å². The van der Waals surface area contributed by atoms with Crippen molar-refractivity contribution in [2.24, 2.45) is 0 Å². The van der Waals surface area contributed by atoms with Gasteiger partial charge in [-0.2, -0.15) is 0 Å². The first-order valence-corrected chi connectivity index (χ1v) is 14.0. The third kappa shape index (κ3) is 6.56. The third-order valence-corrected chi connectivity index (χ3v) is 7.94. The maximum absolute atomic E-state index is 13.5. The Balaban J connectivity index is 1.41. The van der Waals surface area contributed by atoms with Gasteiger partial charge < -0.3 is 20.9 Å². The molecule has 10 heteroatoms. The lowest BCUT2D eigenvalue weighted by Gasteiger charge is -2.43. The minimum absolute atomic E-state index is 0.104. The molecule has 10 nitrogen and oxygen atoms in total. The van der Waals surface area contributed by atoms with Crippen LogP contribution >= 0.6 is 0 Å². The largest absolute Gasteiger partial charge is 0.350 e. The van der Waals surface area contributed by atoms with E-state index in [1.807, 2.05) is 54.6 Å². The molecule has 2 aromatic carbocycles. The quantitative estimate of drug-likeness (QED) is 0.462. The highest BCUT2D eigenvalue weighted by Crippen LogP contribution is 2.28. The molecule has 3 N–H and O–H groups in total. The molecule has 0 saturated carbocycles. The number of carbonyl (C=O) groups is 3. The van der Waals surface area contributed by atoms with Crippen LogP contribution in [0.2, 0.25) is 0 Å². The molecule has 1 saturated heterocycles. The van der Waals surface area contributed by atoms with E-state index >= 15 is 0 Å². The number of hydrogen-bond donors (Lipinski definition) is 3. The summed E-state index contributed by atoms with van der Waals surface area (Å²) in [5.41, 5.74) is 2.49. The second-order valence-electron chi connectivity index (χ2n) is 11.1. The summed E-state index contributed by atoms with van der Waals surface area (Å²) in [7, 11) is 0. The van der Waals surface area contributed by atoms with Crippen LogP contribution in [-0.2, 0) is 33.8 Å². The van der Waals surface area contributed by atoms with Gasteiger partial charge in [0, 0.05) is 38.5 Å². The van der Waals surface area contributed by atoms with E-state index in [4.69, 9.17) is 0 Å². The number of aromatic nitrogens is 3. The van der Waals surface area contributed by atoms with E-state index in [1.165, 1.54) is 0 Å². The molecule has 0 radical (unpaired) electrons. The van der Waals surface area contributed by atoms with Crippen LogP contribution in [0, 0.1) is 0 Å². The van der Waals surface area contributed by atoms with Crippen LogP contribution in [0.25, 0.3) is 5.69 Å². The minimum atomic E-state index is -0.843. The molecule has 1 aromatic heterocycles. The van der Waals surface area contributed by atoms with Crippen LogP contribution in [-0.4, -0.2) is 68.3 Å². The SMILES string of the molecule is CC(C)N1CCC2(CC1)CC(=O)N[C@H](Cc1cn(-c3ccccc3)nn1)C(=O)NCc1ccccc1CC(=O)N2. The van der Waals surface area contributed by atoms with Crippen molar-refractivity contribution < 1.29 is 14.4 Å². The van der Waals surface area contributed by atoms with Crippen molar-refractivity contribution in [1.82, 2.24) is 35.8 Å². The van der Waals surface area contributed by atoms with E-state index in [-0.39, 0.29) is 43.5 Å². The number of nitrogens with one attached hydrogen (secondary N) is 3. The molecule has 3 heterocycles. The molecule has 0 aliphatic carbocycles. The van der Waals surface area contributed by atoms with E-state index in [1.54, 1.807) is 10.9 Å². The van der Waals surface area contributed by atoms with Gasteiger partial charge in [-0.05, 0) is 49.9 Å². The van der Waals surface area contributed by atoms with E-state index < -0.39 is 11.6 Å². The van der Waals surface area contributed by atoms with Crippen molar-refractivity contribution in [1.29, 1.82) is 0 Å². The fraction of sp³-hybridized carbons (Fsp3) is 0.433. The molecule has 0 unspecified atom stereocenters. The first kappa shape index (κ1) is 27.5. The minimum Gasteiger partial charge on any atom is -0.350 e. The molecular formula is C30H37N7O3. The Morgan fingerprint density at radius 3 is 2.38 bits per heavy atom. The lowest BCUT2D eigenvalue weighted by molar-refractivity contribution is -0.131. The van der Waals surface area contributed by atoms with Crippen molar-refractivity contribution in [3.05, 3.63) is 77.6 Å². The molecule has 5 rings (SSSR count). The summed E-state index contributed by atoms with van der Waals surface area (Å²) >= 11 is 0. The summed E-state index contributed by atoms with van der Waals surface area (Å²) in [6.07, 6.45) is 3.58. The summed E-state index contributed by atoms with van der Waals surface area (Å²) in [5.74, 6) is -0.692. The van der Waals surface area contributed by atoms with E-state index in [2.05, 4.69) is 45.0 Å². The predicted octanol–water partition coefficient (Wildman–Crippen LogP) is 1.92. The van der Waals surface area contributed by atoms with Crippen LogP contribution in [0.4, 0.5) is 0 Å². The van der Waals surface area contributed by atoms with Gasteiger partial charge in [0.05, 0.1) is 29.5 Å². The number of hydrogen-bond acceptors (Lipinski definition) is 6. The van der Waals surface area contributed by atoms with Gasteiger partial charge in [-0.25, -0.2) is 4.68 Å². The highest BCUT2D eigenvalue weighted by atomic mass is 16.2. The molecule has 3 aromatic rings. The Labute approximate surface area is 234 Å². The highest BCUT2D eigenvalue weighted by Gasteiger charge is 2.39. The van der Waals surface area contributed by atoms with Crippen molar-refractivity contribution in [3.63, 3.8) is 0 Å². The van der Waals surface area contributed by atoms with E-state index in [9.17, 15) is 14.4 Å². The topological polar surface area (TPSA) is 121 Å². The summed E-state index contributed by atoms with van der Waals surface area (Å²) in [6, 6.07) is 16.8. The summed E-state index contributed by atoms with van der Waals surface area (Å²) in [5, 5.41) is 17.6. The third-order valence-electron chi connectivity index (χ3n) is 7.94. The molecule has 3 amide bonds. The first-order valence-electron chi connectivity index (χ1n) is 14.0. The fourth-order valence-electron chi connectivity index (χ4n) is 5.61. The van der Waals surface area contributed by atoms with Crippen molar-refractivity contribution in [3.8, 4) is 5.69 Å². The molecule has 2 aliphatic rings. The molecular weight excluding hydrogens is 506 g/mol. The zero-order valence-electron chi connectivity index (χ0n) is 23.1. The molecule has 2 aliphatic heterocycles. The lowest BCUT2D eigenvalue weighted by atomic mass is 9.83. The van der Waals surface area contributed by atoms with Crippen molar-refractivity contribution >= 4 is 17.7 Å². The van der Waals surface area contributed by atoms with Crippen LogP contribution in [0.5, 0.6) is 0 Å². The van der Waals surface area contributed by atoms with Gasteiger partial charge in [0.25, 0.3) is 0 Å². The second-order valence-corrected chi connectivity index (χ2v) is 11.1. The molecule has 1 fully saturated rings. The van der Waals surface area contributed by atoms with Crippen molar-refractivity contribution in [2.45, 2.75) is 70.1 Å². The number of amides is 3.